The lowest BCUT2D eigenvalue weighted by molar-refractivity contribution is -0.118. The summed E-state index contributed by atoms with van der Waals surface area (Å²) >= 11 is 0. The van der Waals surface area contributed by atoms with Crippen molar-refractivity contribution in [2.75, 3.05) is 6.54 Å². The summed E-state index contributed by atoms with van der Waals surface area (Å²) in [6.07, 6.45) is 3.40. The second-order valence-electron chi connectivity index (χ2n) is 3.26. The smallest absolute Gasteiger partial charge is 0.217 e. The van der Waals surface area contributed by atoms with Crippen molar-refractivity contribution in [3.8, 4) is 0 Å². The Bertz CT molecular complexity index is 210. The molecule has 0 saturated heterocycles. The van der Waals surface area contributed by atoms with Crippen LogP contribution >= 0.6 is 0 Å². The molecule has 1 fully saturated rings. The zero-order chi connectivity index (χ0) is 9.68. The molecule has 0 aliphatic heterocycles. The van der Waals surface area contributed by atoms with Gasteiger partial charge in [0.05, 0.1) is 0 Å². The third kappa shape index (κ3) is 5.05. The predicted octanol–water partition coefficient (Wildman–Crippen LogP) is -0.681. The van der Waals surface area contributed by atoms with E-state index < -0.39 is 0 Å². The molecule has 1 saturated carbocycles. The van der Waals surface area contributed by atoms with Crippen LogP contribution in [0, 0.1) is 0 Å². The van der Waals surface area contributed by atoms with E-state index in [-0.39, 0.29) is 5.91 Å². The standard InChI is InChI=1S/C8H16N4O/c9-7(13)2-1-5-11-8(10)12-6-3-4-6/h6H,1-5H2,(H2,9,13)(H3,10,11,12). The number of amides is 1. The number of carbonyl (C=O) groups excluding carboxylic acids is 1. The molecule has 0 radical (unpaired) electrons. The second-order valence-corrected chi connectivity index (χ2v) is 3.26. The summed E-state index contributed by atoms with van der Waals surface area (Å²) in [6, 6.07) is 0.528. The Morgan fingerprint density at radius 1 is 1.46 bits per heavy atom. The number of hydrogen-bond acceptors (Lipinski definition) is 2. The van der Waals surface area contributed by atoms with Gasteiger partial charge in [-0.25, -0.2) is 0 Å². The molecule has 0 spiro atoms. The van der Waals surface area contributed by atoms with Gasteiger partial charge in [-0.2, -0.15) is 0 Å². The van der Waals surface area contributed by atoms with Crippen molar-refractivity contribution in [3.05, 3.63) is 0 Å². The second kappa shape index (κ2) is 4.69. The van der Waals surface area contributed by atoms with E-state index in [1.165, 1.54) is 12.8 Å². The molecule has 13 heavy (non-hydrogen) atoms. The van der Waals surface area contributed by atoms with Crippen LogP contribution in [0.4, 0.5) is 0 Å². The minimum Gasteiger partial charge on any atom is -0.370 e. The van der Waals surface area contributed by atoms with E-state index in [9.17, 15) is 4.79 Å². The zero-order valence-corrected chi connectivity index (χ0v) is 7.62. The van der Waals surface area contributed by atoms with E-state index in [2.05, 4.69) is 10.3 Å². The van der Waals surface area contributed by atoms with Crippen LogP contribution in [-0.4, -0.2) is 24.5 Å². The average molecular weight is 184 g/mol. The summed E-state index contributed by atoms with van der Waals surface area (Å²) in [6.45, 7) is 0.564. The SMILES string of the molecule is NC(=O)CCCN=C(N)NC1CC1. The lowest BCUT2D eigenvalue weighted by Crippen LogP contribution is -2.33. The molecule has 1 rings (SSSR count). The van der Waals surface area contributed by atoms with Crippen molar-refractivity contribution < 1.29 is 4.79 Å². The maximum atomic E-state index is 10.4. The van der Waals surface area contributed by atoms with Gasteiger partial charge in [-0.1, -0.05) is 0 Å². The molecule has 0 bridgehead atoms. The highest BCUT2D eigenvalue weighted by atomic mass is 16.1. The maximum Gasteiger partial charge on any atom is 0.217 e. The Morgan fingerprint density at radius 3 is 2.69 bits per heavy atom. The molecule has 1 amide bonds. The summed E-state index contributed by atoms with van der Waals surface area (Å²) in [7, 11) is 0. The summed E-state index contributed by atoms with van der Waals surface area (Å²) in [4.78, 5) is 14.4. The number of carbonyl (C=O) groups is 1. The van der Waals surface area contributed by atoms with Crippen LogP contribution in [0.15, 0.2) is 4.99 Å². The summed E-state index contributed by atoms with van der Waals surface area (Å²) in [5.41, 5.74) is 10.5. The molecule has 0 unspecified atom stereocenters. The normalized spacial score (nSPS) is 17.1. The Hall–Kier alpha value is -1.26. The molecule has 0 atom stereocenters. The van der Waals surface area contributed by atoms with Gasteiger partial charge < -0.3 is 16.8 Å². The predicted molar refractivity (Wildman–Crippen MR) is 51.1 cm³/mol. The first-order valence-electron chi connectivity index (χ1n) is 4.53. The van der Waals surface area contributed by atoms with Crippen LogP contribution in [-0.2, 0) is 4.79 Å². The number of nitrogens with two attached hydrogens (primary N) is 2. The van der Waals surface area contributed by atoms with E-state index in [1.807, 2.05) is 0 Å². The third-order valence-electron chi connectivity index (χ3n) is 1.79. The number of nitrogens with one attached hydrogen (secondary N) is 1. The van der Waals surface area contributed by atoms with Gasteiger partial charge in [0.25, 0.3) is 0 Å². The summed E-state index contributed by atoms with van der Waals surface area (Å²) < 4.78 is 0. The molecule has 74 valence electrons. The summed E-state index contributed by atoms with van der Waals surface area (Å²) in [5.74, 6) is 0.191. The van der Waals surface area contributed by atoms with Crippen molar-refractivity contribution in [1.29, 1.82) is 0 Å². The van der Waals surface area contributed by atoms with Crippen LogP contribution in [0.1, 0.15) is 25.7 Å². The number of primary amides is 1. The summed E-state index contributed by atoms with van der Waals surface area (Å²) in [5, 5.41) is 3.05. The Balaban J connectivity index is 2.03. The Morgan fingerprint density at radius 2 is 2.15 bits per heavy atom. The lowest BCUT2D eigenvalue weighted by atomic mass is 10.3. The molecule has 5 heteroatoms. The molecule has 0 heterocycles. The first-order valence-corrected chi connectivity index (χ1v) is 4.53. The van der Waals surface area contributed by atoms with Crippen molar-refractivity contribution >= 4 is 11.9 Å². The van der Waals surface area contributed by atoms with Crippen molar-refractivity contribution in [2.45, 2.75) is 31.7 Å². The van der Waals surface area contributed by atoms with Gasteiger partial charge >= 0.3 is 0 Å². The van der Waals surface area contributed by atoms with Gasteiger partial charge in [0.15, 0.2) is 5.96 Å². The third-order valence-corrected chi connectivity index (χ3v) is 1.79. The number of hydrogen-bond donors (Lipinski definition) is 3. The first kappa shape index (κ1) is 9.83. The molecular formula is C8H16N4O. The van der Waals surface area contributed by atoms with Gasteiger partial charge in [0.1, 0.15) is 0 Å². The van der Waals surface area contributed by atoms with Crippen LogP contribution < -0.4 is 16.8 Å². The molecule has 1 aliphatic carbocycles. The van der Waals surface area contributed by atoms with Gasteiger partial charge in [0.2, 0.25) is 5.91 Å². The van der Waals surface area contributed by atoms with E-state index in [1.54, 1.807) is 0 Å². The van der Waals surface area contributed by atoms with Crippen molar-refractivity contribution in [1.82, 2.24) is 5.32 Å². The highest BCUT2D eigenvalue weighted by Crippen LogP contribution is 2.17. The largest absolute Gasteiger partial charge is 0.370 e. The average Bonchev–Trinajstić information content (AvgIpc) is 2.81. The molecule has 5 nitrogen and oxygen atoms in total. The number of nitrogens with zero attached hydrogens (tertiary/aromatic N) is 1. The highest BCUT2D eigenvalue weighted by molar-refractivity contribution is 5.78. The molecule has 1 aliphatic rings. The van der Waals surface area contributed by atoms with Crippen LogP contribution in [0.3, 0.4) is 0 Å². The molecule has 0 aromatic carbocycles. The zero-order valence-electron chi connectivity index (χ0n) is 7.62. The Labute approximate surface area is 77.6 Å². The lowest BCUT2D eigenvalue weighted by Gasteiger charge is -2.01. The van der Waals surface area contributed by atoms with E-state index in [4.69, 9.17) is 11.5 Å². The van der Waals surface area contributed by atoms with Crippen molar-refractivity contribution in [3.63, 3.8) is 0 Å². The van der Waals surface area contributed by atoms with E-state index in [0.717, 1.165) is 0 Å². The fourth-order valence-corrected chi connectivity index (χ4v) is 0.935. The minimum absolute atomic E-state index is 0.288. The topological polar surface area (TPSA) is 93.5 Å². The van der Waals surface area contributed by atoms with Crippen LogP contribution in [0.2, 0.25) is 0 Å². The van der Waals surface area contributed by atoms with Crippen LogP contribution in [0.5, 0.6) is 0 Å². The number of rotatable bonds is 5. The molecule has 5 N–H and O–H groups in total. The van der Waals surface area contributed by atoms with Gasteiger partial charge in [-0.05, 0) is 19.3 Å². The van der Waals surface area contributed by atoms with Gasteiger partial charge in [0, 0.05) is 19.0 Å². The van der Waals surface area contributed by atoms with Gasteiger partial charge in [-0.15, -0.1) is 0 Å². The van der Waals surface area contributed by atoms with Crippen molar-refractivity contribution in [2.24, 2.45) is 16.5 Å². The van der Waals surface area contributed by atoms with E-state index >= 15 is 0 Å². The molecule has 0 aromatic rings. The fourth-order valence-electron chi connectivity index (χ4n) is 0.935. The minimum atomic E-state index is -0.288. The number of guanidine groups is 1. The number of aliphatic imine (C=N–C) groups is 1. The monoisotopic (exact) mass is 184 g/mol. The maximum absolute atomic E-state index is 10.4. The molecular weight excluding hydrogens is 168 g/mol. The first-order chi connectivity index (χ1) is 6.18. The quantitative estimate of drug-likeness (QED) is 0.300. The van der Waals surface area contributed by atoms with E-state index in [0.29, 0.717) is 31.4 Å². The Kier molecular flexibility index (Phi) is 3.54. The fraction of sp³-hybridized carbons (Fsp3) is 0.750. The molecule has 0 aromatic heterocycles. The van der Waals surface area contributed by atoms with Gasteiger partial charge in [-0.3, -0.25) is 9.79 Å². The van der Waals surface area contributed by atoms with Crippen LogP contribution in [0.25, 0.3) is 0 Å². The highest BCUT2D eigenvalue weighted by Gasteiger charge is 2.21.